The van der Waals surface area contributed by atoms with Gasteiger partial charge in [0.25, 0.3) is 15.9 Å². The number of ether oxygens (including phenoxy) is 1. The number of benzene rings is 2. The molecule has 0 radical (unpaired) electrons. The molecule has 3 amide bonds. The van der Waals surface area contributed by atoms with Crippen LogP contribution in [0.3, 0.4) is 0 Å². The predicted octanol–water partition coefficient (Wildman–Crippen LogP) is 2.95. The van der Waals surface area contributed by atoms with Crippen LogP contribution in [0.1, 0.15) is 55.5 Å². The van der Waals surface area contributed by atoms with Gasteiger partial charge in [0.15, 0.2) is 0 Å². The number of methoxy groups -OCH3 is 1. The highest BCUT2D eigenvalue weighted by molar-refractivity contribution is 7.90. The Hall–Kier alpha value is -3.40. The van der Waals surface area contributed by atoms with Crippen molar-refractivity contribution in [1.29, 1.82) is 0 Å². The van der Waals surface area contributed by atoms with E-state index in [1.54, 1.807) is 31.4 Å². The van der Waals surface area contributed by atoms with Crippen LogP contribution in [0, 0.1) is 0 Å². The van der Waals surface area contributed by atoms with Crippen molar-refractivity contribution in [2.24, 2.45) is 0 Å². The molecule has 36 heavy (non-hydrogen) atoms. The summed E-state index contributed by atoms with van der Waals surface area (Å²) in [6.45, 7) is 4.21. The SMILES string of the molecule is CCCCNC(=O)[C@@H](CC)N(Cc1ccc(OC)cc1)C(=O)CCN1C(=O)c2ccccc2S1(=O)=O. The van der Waals surface area contributed by atoms with Gasteiger partial charge in [0.1, 0.15) is 16.7 Å². The van der Waals surface area contributed by atoms with Crippen molar-refractivity contribution < 1.29 is 27.5 Å². The van der Waals surface area contributed by atoms with Crippen molar-refractivity contribution in [3.8, 4) is 5.75 Å². The van der Waals surface area contributed by atoms with E-state index in [2.05, 4.69) is 5.32 Å². The Morgan fingerprint density at radius 1 is 1.08 bits per heavy atom. The molecule has 0 unspecified atom stereocenters. The number of rotatable bonds is 12. The van der Waals surface area contributed by atoms with Gasteiger partial charge in [0.2, 0.25) is 11.8 Å². The van der Waals surface area contributed by atoms with Crippen LogP contribution in [-0.2, 0) is 26.2 Å². The Morgan fingerprint density at radius 3 is 2.39 bits per heavy atom. The first-order valence-corrected chi connectivity index (χ1v) is 13.5. The fourth-order valence-corrected chi connectivity index (χ4v) is 5.72. The number of fused-ring (bicyclic) bond motifs is 1. The molecule has 2 aromatic carbocycles. The number of sulfonamides is 1. The number of amides is 3. The van der Waals surface area contributed by atoms with Gasteiger partial charge in [-0.05, 0) is 42.7 Å². The third-order valence-corrected chi connectivity index (χ3v) is 8.01. The van der Waals surface area contributed by atoms with Crippen LogP contribution in [0.15, 0.2) is 53.4 Å². The zero-order valence-corrected chi connectivity index (χ0v) is 21.7. The molecule has 1 N–H and O–H groups in total. The molecule has 0 bridgehead atoms. The third-order valence-electron chi connectivity index (χ3n) is 6.17. The fourth-order valence-electron chi connectivity index (χ4n) is 4.15. The van der Waals surface area contributed by atoms with Gasteiger partial charge in [-0.1, -0.05) is 44.5 Å². The molecule has 0 saturated heterocycles. The van der Waals surface area contributed by atoms with E-state index in [1.807, 2.05) is 26.0 Å². The van der Waals surface area contributed by atoms with E-state index in [1.165, 1.54) is 17.0 Å². The molecular formula is C26H33N3O6S. The zero-order chi connectivity index (χ0) is 26.3. The molecule has 2 aromatic rings. The standard InChI is InChI=1S/C26H33N3O6S/c1-4-6-16-27-25(31)22(5-2)28(18-19-11-13-20(35-3)14-12-19)24(30)15-17-29-26(32)21-9-7-8-10-23(21)36(29,33)34/h7-14,22H,4-6,15-18H2,1-3H3,(H,27,31)/t22-/m1/s1. The average molecular weight is 516 g/mol. The van der Waals surface area contributed by atoms with E-state index in [0.717, 1.165) is 22.7 Å². The predicted molar refractivity (Wildman–Crippen MR) is 135 cm³/mol. The van der Waals surface area contributed by atoms with Crippen molar-refractivity contribution in [1.82, 2.24) is 14.5 Å². The third kappa shape index (κ3) is 5.87. The first-order chi connectivity index (χ1) is 17.2. The molecule has 0 fully saturated rings. The lowest BCUT2D eigenvalue weighted by Crippen LogP contribution is -2.49. The second kappa shape index (κ2) is 12.0. The van der Waals surface area contributed by atoms with Gasteiger partial charge in [-0.25, -0.2) is 12.7 Å². The number of nitrogens with one attached hydrogen (secondary N) is 1. The monoisotopic (exact) mass is 515 g/mol. The van der Waals surface area contributed by atoms with Gasteiger partial charge in [-0.15, -0.1) is 0 Å². The number of carbonyl (C=O) groups is 3. The maximum atomic E-state index is 13.4. The van der Waals surface area contributed by atoms with Crippen molar-refractivity contribution in [3.63, 3.8) is 0 Å². The second-order valence-electron chi connectivity index (χ2n) is 8.57. The van der Waals surface area contributed by atoms with E-state index >= 15 is 0 Å². The topological polar surface area (TPSA) is 113 Å². The van der Waals surface area contributed by atoms with Crippen molar-refractivity contribution in [3.05, 3.63) is 59.7 Å². The molecular weight excluding hydrogens is 482 g/mol. The normalized spacial score (nSPS) is 14.8. The summed E-state index contributed by atoms with van der Waals surface area (Å²) in [4.78, 5) is 40.5. The van der Waals surface area contributed by atoms with E-state index < -0.39 is 27.9 Å². The second-order valence-corrected chi connectivity index (χ2v) is 10.4. The summed E-state index contributed by atoms with van der Waals surface area (Å²) in [5.41, 5.74) is 0.892. The van der Waals surface area contributed by atoms with Crippen molar-refractivity contribution in [2.75, 3.05) is 20.2 Å². The first-order valence-electron chi connectivity index (χ1n) is 12.1. The minimum Gasteiger partial charge on any atom is -0.497 e. The molecule has 1 heterocycles. The van der Waals surface area contributed by atoms with E-state index in [9.17, 15) is 22.8 Å². The molecule has 194 valence electrons. The Bertz CT molecular complexity index is 1200. The highest BCUT2D eigenvalue weighted by Gasteiger charge is 2.41. The summed E-state index contributed by atoms with van der Waals surface area (Å²) in [5, 5.41) is 2.89. The molecule has 1 aliphatic rings. The zero-order valence-electron chi connectivity index (χ0n) is 20.9. The van der Waals surface area contributed by atoms with E-state index in [4.69, 9.17) is 4.74 Å². The summed E-state index contributed by atoms with van der Waals surface area (Å²) in [6.07, 6.45) is 1.89. The van der Waals surface area contributed by atoms with Crippen LogP contribution in [0.4, 0.5) is 0 Å². The van der Waals surface area contributed by atoms with E-state index in [-0.39, 0.29) is 35.9 Å². The maximum absolute atomic E-state index is 13.4. The number of unbranched alkanes of at least 4 members (excludes halogenated alkanes) is 1. The fraction of sp³-hybridized carbons (Fsp3) is 0.423. The van der Waals surface area contributed by atoms with Crippen LogP contribution in [0.25, 0.3) is 0 Å². The van der Waals surface area contributed by atoms with Crippen LogP contribution in [0.2, 0.25) is 0 Å². The largest absolute Gasteiger partial charge is 0.497 e. The highest BCUT2D eigenvalue weighted by Crippen LogP contribution is 2.30. The van der Waals surface area contributed by atoms with Gasteiger partial charge < -0.3 is 15.0 Å². The molecule has 3 rings (SSSR count). The van der Waals surface area contributed by atoms with Crippen LogP contribution in [-0.4, -0.2) is 61.6 Å². The smallest absolute Gasteiger partial charge is 0.269 e. The van der Waals surface area contributed by atoms with Gasteiger partial charge in [-0.2, -0.15) is 0 Å². The Morgan fingerprint density at radius 2 is 1.78 bits per heavy atom. The van der Waals surface area contributed by atoms with Crippen LogP contribution < -0.4 is 10.1 Å². The Labute approximate surface area is 212 Å². The summed E-state index contributed by atoms with van der Waals surface area (Å²) < 4.78 is 31.7. The van der Waals surface area contributed by atoms with Gasteiger partial charge >= 0.3 is 0 Å². The molecule has 0 spiro atoms. The molecule has 0 saturated carbocycles. The lowest BCUT2D eigenvalue weighted by molar-refractivity contribution is -0.141. The molecule has 9 nitrogen and oxygen atoms in total. The molecule has 0 aliphatic carbocycles. The summed E-state index contributed by atoms with van der Waals surface area (Å²) in [6, 6.07) is 12.4. The lowest BCUT2D eigenvalue weighted by atomic mass is 10.1. The maximum Gasteiger partial charge on any atom is 0.269 e. The van der Waals surface area contributed by atoms with Gasteiger partial charge in [0, 0.05) is 26.1 Å². The first kappa shape index (κ1) is 27.2. The van der Waals surface area contributed by atoms with Crippen LogP contribution >= 0.6 is 0 Å². The minimum atomic E-state index is -4.02. The Kier molecular flexibility index (Phi) is 9.08. The summed E-state index contributed by atoms with van der Waals surface area (Å²) >= 11 is 0. The molecule has 10 heteroatoms. The highest BCUT2D eigenvalue weighted by atomic mass is 32.2. The summed E-state index contributed by atoms with van der Waals surface area (Å²) in [5.74, 6) is -0.657. The van der Waals surface area contributed by atoms with Crippen molar-refractivity contribution >= 4 is 27.7 Å². The van der Waals surface area contributed by atoms with E-state index in [0.29, 0.717) is 18.7 Å². The molecule has 0 aromatic heterocycles. The number of hydrogen-bond donors (Lipinski definition) is 1. The lowest BCUT2D eigenvalue weighted by Gasteiger charge is -2.31. The Balaban J connectivity index is 1.80. The average Bonchev–Trinajstić information content (AvgIpc) is 3.07. The van der Waals surface area contributed by atoms with Crippen LogP contribution in [0.5, 0.6) is 5.75 Å². The summed E-state index contributed by atoms with van der Waals surface area (Å²) in [7, 11) is -2.46. The van der Waals surface area contributed by atoms with Crippen molar-refractivity contribution in [2.45, 2.75) is 57.0 Å². The number of hydrogen-bond acceptors (Lipinski definition) is 6. The number of nitrogens with zero attached hydrogens (tertiary/aromatic N) is 2. The van der Waals surface area contributed by atoms with Gasteiger partial charge in [-0.3, -0.25) is 14.4 Å². The molecule has 1 aliphatic heterocycles. The van der Waals surface area contributed by atoms with Gasteiger partial charge in [0.05, 0.1) is 12.7 Å². The quantitative estimate of drug-likeness (QED) is 0.435. The molecule has 1 atom stereocenters. The number of carbonyl (C=O) groups excluding carboxylic acids is 3. The minimum absolute atomic E-state index is 0.0562.